The Morgan fingerprint density at radius 2 is 1.63 bits per heavy atom. The third kappa shape index (κ3) is 5.26. The lowest BCUT2D eigenvalue weighted by molar-refractivity contribution is -0.137. The second kappa shape index (κ2) is 11.6. The molecule has 3 aliphatic heterocycles. The van der Waals surface area contributed by atoms with Crippen LogP contribution in [0.5, 0.6) is 23.0 Å². The van der Waals surface area contributed by atoms with Gasteiger partial charge in [-0.1, -0.05) is 6.07 Å². The van der Waals surface area contributed by atoms with Crippen molar-refractivity contribution in [3.05, 3.63) is 82.4 Å². The van der Waals surface area contributed by atoms with E-state index in [1.54, 1.807) is 24.3 Å². The first-order valence-corrected chi connectivity index (χ1v) is 14.2. The average Bonchev–Trinajstić information content (AvgIpc) is 3.54. The summed E-state index contributed by atoms with van der Waals surface area (Å²) in [7, 11) is 0. The summed E-state index contributed by atoms with van der Waals surface area (Å²) < 4.78 is 22.9. The molecule has 3 aromatic rings. The van der Waals surface area contributed by atoms with Crippen LogP contribution in [0.25, 0.3) is 0 Å². The number of phenolic OH excluding ortho intramolecular Hbond substituents is 2. The van der Waals surface area contributed by atoms with Gasteiger partial charge in [0.1, 0.15) is 29.6 Å². The minimum Gasteiger partial charge on any atom is -0.508 e. The van der Waals surface area contributed by atoms with Crippen LogP contribution in [0.1, 0.15) is 57.2 Å². The fraction of sp³-hybridized carbons (Fsp3) is 0.344. The molecular formula is C32H32N2O9. The number of phenols is 2. The standard InChI is InChI=1S/C32H32N2O9/c1-19-3-2-11-34(19)29(37)18-41-14-13-40-12-10-33-30(38)20-4-7-24-23(15-20)31(39)43-32(24)25-8-5-21(35)16-27(25)42-28-17-22(36)6-9-26(28)32/h4-9,15-17,19,35-36H,2-3,10-14,18H2,1H3,(H,33,38). The third-order valence-electron chi connectivity index (χ3n) is 8.04. The Kier molecular flexibility index (Phi) is 7.68. The van der Waals surface area contributed by atoms with Gasteiger partial charge in [-0.25, -0.2) is 4.79 Å². The molecule has 11 heteroatoms. The van der Waals surface area contributed by atoms with E-state index in [4.69, 9.17) is 18.9 Å². The first kappa shape index (κ1) is 28.5. The molecule has 3 N–H and O–H groups in total. The quantitative estimate of drug-likeness (QED) is 0.253. The molecule has 3 aromatic carbocycles. The number of benzene rings is 3. The Bertz CT molecular complexity index is 1540. The van der Waals surface area contributed by atoms with Crippen LogP contribution in [0, 0.1) is 0 Å². The van der Waals surface area contributed by atoms with E-state index in [0.29, 0.717) is 16.7 Å². The van der Waals surface area contributed by atoms with Crippen molar-refractivity contribution >= 4 is 17.8 Å². The van der Waals surface area contributed by atoms with Crippen LogP contribution in [-0.4, -0.2) is 78.5 Å². The van der Waals surface area contributed by atoms with Gasteiger partial charge in [-0.05, 0) is 56.2 Å². The number of carbonyl (C=O) groups is 3. The SMILES string of the molecule is CC1CCCN1C(=O)COCCOCCNC(=O)c1ccc2c(c1)C(=O)OC21c2ccc(O)cc2Oc2cc(O)ccc21. The number of hydrogen-bond acceptors (Lipinski definition) is 9. The van der Waals surface area contributed by atoms with Gasteiger partial charge in [0.25, 0.3) is 5.91 Å². The van der Waals surface area contributed by atoms with Crippen LogP contribution < -0.4 is 10.1 Å². The lowest BCUT2D eigenvalue weighted by Gasteiger charge is -2.36. The Labute approximate surface area is 247 Å². The number of fused-ring (bicyclic) bond motifs is 6. The molecule has 0 radical (unpaired) electrons. The Morgan fingerprint density at radius 1 is 0.953 bits per heavy atom. The Balaban J connectivity index is 1.08. The van der Waals surface area contributed by atoms with Crippen molar-refractivity contribution in [2.75, 3.05) is 39.5 Å². The maximum absolute atomic E-state index is 13.2. The van der Waals surface area contributed by atoms with Gasteiger partial charge in [0.2, 0.25) is 5.91 Å². The molecule has 0 aromatic heterocycles. The van der Waals surface area contributed by atoms with E-state index in [1.807, 2.05) is 11.8 Å². The zero-order valence-electron chi connectivity index (χ0n) is 23.6. The van der Waals surface area contributed by atoms with Crippen molar-refractivity contribution in [3.8, 4) is 23.0 Å². The van der Waals surface area contributed by atoms with Crippen molar-refractivity contribution in [3.63, 3.8) is 0 Å². The van der Waals surface area contributed by atoms with Crippen molar-refractivity contribution < 1.29 is 43.5 Å². The van der Waals surface area contributed by atoms with Crippen LogP contribution >= 0.6 is 0 Å². The molecule has 1 saturated heterocycles. The topological polar surface area (TPSA) is 144 Å². The molecule has 11 nitrogen and oxygen atoms in total. The van der Waals surface area contributed by atoms with Crippen LogP contribution in [0.15, 0.2) is 54.6 Å². The molecule has 6 rings (SSSR count). The summed E-state index contributed by atoms with van der Waals surface area (Å²) in [6.07, 6.45) is 2.04. The maximum atomic E-state index is 13.2. The maximum Gasteiger partial charge on any atom is 0.340 e. The van der Waals surface area contributed by atoms with Gasteiger partial charge in [0.15, 0.2) is 5.60 Å². The van der Waals surface area contributed by atoms with Crippen molar-refractivity contribution in [2.24, 2.45) is 0 Å². The lowest BCUT2D eigenvalue weighted by atomic mass is 9.77. The highest BCUT2D eigenvalue weighted by atomic mass is 16.6. The van der Waals surface area contributed by atoms with Crippen LogP contribution in [0.2, 0.25) is 0 Å². The summed E-state index contributed by atoms with van der Waals surface area (Å²) in [5.41, 5.74) is 0.623. The molecule has 1 fully saturated rings. The highest BCUT2D eigenvalue weighted by Crippen LogP contribution is 2.57. The highest BCUT2D eigenvalue weighted by molar-refractivity contribution is 6.01. The molecule has 43 heavy (non-hydrogen) atoms. The van der Waals surface area contributed by atoms with Gasteiger partial charge in [-0.3, -0.25) is 9.59 Å². The fourth-order valence-corrected chi connectivity index (χ4v) is 5.95. The molecule has 1 spiro atoms. The second-order valence-corrected chi connectivity index (χ2v) is 10.8. The van der Waals surface area contributed by atoms with Crippen LogP contribution in [0.3, 0.4) is 0 Å². The van der Waals surface area contributed by atoms with E-state index in [-0.39, 0.29) is 85.0 Å². The first-order chi connectivity index (χ1) is 20.8. The molecule has 0 bridgehead atoms. The van der Waals surface area contributed by atoms with Crippen LogP contribution in [-0.2, 0) is 24.6 Å². The van der Waals surface area contributed by atoms with Crippen molar-refractivity contribution in [1.29, 1.82) is 0 Å². The number of rotatable bonds is 9. The summed E-state index contributed by atoms with van der Waals surface area (Å²) in [5, 5.41) is 22.9. The normalized spacial score (nSPS) is 17.6. The summed E-state index contributed by atoms with van der Waals surface area (Å²) in [4.78, 5) is 40.1. The van der Waals surface area contributed by atoms with E-state index < -0.39 is 11.6 Å². The monoisotopic (exact) mass is 588 g/mol. The molecule has 224 valence electrons. The molecular weight excluding hydrogens is 556 g/mol. The number of hydrogen-bond donors (Lipinski definition) is 3. The van der Waals surface area contributed by atoms with E-state index in [9.17, 15) is 24.6 Å². The number of amides is 2. The molecule has 1 atom stereocenters. The average molecular weight is 589 g/mol. The van der Waals surface area contributed by atoms with Gasteiger partial charge >= 0.3 is 5.97 Å². The Morgan fingerprint density at radius 3 is 2.30 bits per heavy atom. The van der Waals surface area contributed by atoms with E-state index in [2.05, 4.69) is 5.32 Å². The molecule has 0 saturated carbocycles. The number of esters is 1. The lowest BCUT2D eigenvalue weighted by Crippen LogP contribution is -2.36. The van der Waals surface area contributed by atoms with Crippen molar-refractivity contribution in [1.82, 2.24) is 10.2 Å². The molecule has 3 aliphatic rings. The van der Waals surface area contributed by atoms with Gasteiger partial charge in [-0.15, -0.1) is 0 Å². The number of carbonyl (C=O) groups excluding carboxylic acids is 3. The second-order valence-electron chi connectivity index (χ2n) is 10.8. The van der Waals surface area contributed by atoms with Gasteiger partial charge < -0.3 is 39.4 Å². The Hall–Kier alpha value is -4.61. The predicted molar refractivity (Wildman–Crippen MR) is 152 cm³/mol. The van der Waals surface area contributed by atoms with E-state index >= 15 is 0 Å². The summed E-state index contributed by atoms with van der Waals surface area (Å²) in [5.74, 6) is -0.529. The zero-order valence-corrected chi connectivity index (χ0v) is 23.6. The molecule has 1 unspecified atom stereocenters. The fourth-order valence-electron chi connectivity index (χ4n) is 5.95. The molecule has 0 aliphatic carbocycles. The number of likely N-dealkylation sites (tertiary alicyclic amines) is 1. The van der Waals surface area contributed by atoms with Crippen LogP contribution in [0.4, 0.5) is 0 Å². The van der Waals surface area contributed by atoms with Gasteiger partial charge in [0.05, 0.1) is 25.4 Å². The van der Waals surface area contributed by atoms with E-state index in [1.165, 1.54) is 30.3 Å². The minimum atomic E-state index is -1.39. The van der Waals surface area contributed by atoms with Gasteiger partial charge in [-0.2, -0.15) is 0 Å². The van der Waals surface area contributed by atoms with Crippen molar-refractivity contribution in [2.45, 2.75) is 31.4 Å². The first-order valence-electron chi connectivity index (χ1n) is 14.2. The summed E-state index contributed by atoms with van der Waals surface area (Å²) in [6.45, 7) is 3.88. The largest absolute Gasteiger partial charge is 0.508 e. The number of nitrogens with one attached hydrogen (secondary N) is 1. The summed E-state index contributed by atoms with van der Waals surface area (Å²) >= 11 is 0. The number of nitrogens with zero attached hydrogens (tertiary/aromatic N) is 1. The van der Waals surface area contributed by atoms with E-state index in [0.717, 1.165) is 19.4 Å². The third-order valence-corrected chi connectivity index (χ3v) is 8.04. The highest BCUT2D eigenvalue weighted by Gasteiger charge is 2.53. The minimum absolute atomic E-state index is 0.00903. The number of aromatic hydroxyl groups is 2. The molecule has 2 amide bonds. The van der Waals surface area contributed by atoms with Gasteiger partial charge in [0, 0.05) is 53.5 Å². The zero-order chi connectivity index (χ0) is 30.1. The summed E-state index contributed by atoms with van der Waals surface area (Å²) in [6, 6.07) is 14.1. The predicted octanol–water partition coefficient (Wildman–Crippen LogP) is 3.44. The molecule has 3 heterocycles. The smallest absolute Gasteiger partial charge is 0.340 e. The number of ether oxygens (including phenoxy) is 4.